The summed E-state index contributed by atoms with van der Waals surface area (Å²) in [5.41, 5.74) is 1.85. The minimum atomic E-state index is -3.73. The smallest absolute Gasteiger partial charge is 0.247 e. The predicted molar refractivity (Wildman–Crippen MR) is 118 cm³/mol. The second-order valence-corrected chi connectivity index (χ2v) is 8.94. The maximum atomic E-state index is 13.3. The van der Waals surface area contributed by atoms with Gasteiger partial charge in [0, 0.05) is 43.9 Å². The third-order valence-corrected chi connectivity index (χ3v) is 7.19. The normalized spacial score (nSPS) is 15.0. The topological polar surface area (TPSA) is 84.9 Å². The van der Waals surface area contributed by atoms with E-state index in [1.807, 2.05) is 36.4 Å². The highest BCUT2D eigenvalue weighted by Crippen LogP contribution is 2.31. The zero-order valence-corrected chi connectivity index (χ0v) is 18.2. The lowest BCUT2D eigenvalue weighted by atomic mass is 10.1. The number of rotatable bonds is 6. The molecule has 1 saturated heterocycles. The minimum Gasteiger partial charge on any atom is -0.497 e. The fraction of sp³-hybridized carbons (Fsp3) is 0.273. The van der Waals surface area contributed by atoms with Crippen molar-refractivity contribution in [3.05, 3.63) is 60.9 Å². The van der Waals surface area contributed by atoms with Crippen LogP contribution in [0.25, 0.3) is 11.3 Å². The highest BCUT2D eigenvalue weighted by Gasteiger charge is 2.31. The number of sulfonamides is 1. The standard InChI is InChI=1S/C22H24N4O4S/c1-29-18-8-9-20(30-2)21(14-18)31(27,28)26-12-10-25(11-13-26)22-15-19(23-16-24-22)17-6-4-3-5-7-17/h3-9,14-16H,10-13H2,1-2H3. The molecule has 2 aromatic carbocycles. The van der Waals surface area contributed by atoms with Crippen LogP contribution in [-0.2, 0) is 10.0 Å². The SMILES string of the molecule is COc1ccc(OC)c(S(=O)(=O)N2CCN(c3cc(-c4ccccc4)ncn3)CC2)c1. The molecule has 0 aliphatic carbocycles. The van der Waals surface area contributed by atoms with Crippen molar-refractivity contribution in [3.63, 3.8) is 0 Å². The second kappa shape index (κ2) is 8.91. The van der Waals surface area contributed by atoms with Gasteiger partial charge in [-0.25, -0.2) is 18.4 Å². The van der Waals surface area contributed by atoms with E-state index in [2.05, 4.69) is 14.9 Å². The summed E-state index contributed by atoms with van der Waals surface area (Å²) in [6.07, 6.45) is 1.54. The Kier molecular flexibility index (Phi) is 6.06. The average molecular weight is 441 g/mol. The van der Waals surface area contributed by atoms with Crippen LogP contribution >= 0.6 is 0 Å². The van der Waals surface area contributed by atoms with Gasteiger partial charge in [-0.3, -0.25) is 0 Å². The summed E-state index contributed by atoms with van der Waals surface area (Å²) < 4.78 is 38.5. The third kappa shape index (κ3) is 4.33. The number of anilines is 1. The van der Waals surface area contributed by atoms with Gasteiger partial charge in [0.1, 0.15) is 28.5 Å². The second-order valence-electron chi connectivity index (χ2n) is 7.04. The molecule has 0 amide bonds. The third-order valence-electron chi connectivity index (χ3n) is 5.27. The van der Waals surface area contributed by atoms with E-state index in [1.54, 1.807) is 18.5 Å². The van der Waals surface area contributed by atoms with E-state index in [9.17, 15) is 8.42 Å². The van der Waals surface area contributed by atoms with Crippen LogP contribution in [0.3, 0.4) is 0 Å². The van der Waals surface area contributed by atoms with Crippen LogP contribution < -0.4 is 14.4 Å². The molecule has 1 aliphatic heterocycles. The molecule has 1 aliphatic rings. The zero-order valence-electron chi connectivity index (χ0n) is 17.4. The number of aromatic nitrogens is 2. The highest BCUT2D eigenvalue weighted by atomic mass is 32.2. The van der Waals surface area contributed by atoms with E-state index < -0.39 is 10.0 Å². The van der Waals surface area contributed by atoms with Crippen LogP contribution in [0.15, 0.2) is 65.8 Å². The molecule has 162 valence electrons. The Labute approximate surface area is 182 Å². The lowest BCUT2D eigenvalue weighted by Gasteiger charge is -2.34. The Morgan fingerprint density at radius 3 is 2.29 bits per heavy atom. The number of hydrogen-bond acceptors (Lipinski definition) is 7. The number of benzene rings is 2. The van der Waals surface area contributed by atoms with Gasteiger partial charge >= 0.3 is 0 Å². The number of piperazine rings is 1. The molecule has 3 aromatic rings. The number of hydrogen-bond donors (Lipinski definition) is 0. The summed E-state index contributed by atoms with van der Waals surface area (Å²) in [5, 5.41) is 0. The van der Waals surface area contributed by atoms with Gasteiger partial charge in [0.05, 0.1) is 19.9 Å². The first-order valence-electron chi connectivity index (χ1n) is 9.87. The van der Waals surface area contributed by atoms with Crippen molar-refractivity contribution in [2.45, 2.75) is 4.90 Å². The fourth-order valence-electron chi connectivity index (χ4n) is 3.57. The first-order valence-corrected chi connectivity index (χ1v) is 11.3. The van der Waals surface area contributed by atoms with Crippen molar-refractivity contribution in [1.29, 1.82) is 0 Å². The van der Waals surface area contributed by atoms with E-state index in [-0.39, 0.29) is 4.90 Å². The number of nitrogens with zero attached hydrogens (tertiary/aromatic N) is 4. The van der Waals surface area contributed by atoms with Crippen LogP contribution in [-0.4, -0.2) is 63.1 Å². The molecule has 0 saturated carbocycles. The van der Waals surface area contributed by atoms with Crippen molar-refractivity contribution in [2.75, 3.05) is 45.3 Å². The fourth-order valence-corrected chi connectivity index (χ4v) is 5.16. The Hall–Kier alpha value is -3.17. The molecule has 9 heteroatoms. The summed E-state index contributed by atoms with van der Waals surface area (Å²) in [7, 11) is -0.766. The van der Waals surface area contributed by atoms with Crippen LogP contribution in [0.5, 0.6) is 11.5 Å². The monoisotopic (exact) mass is 440 g/mol. The van der Waals surface area contributed by atoms with Crippen LogP contribution in [0.2, 0.25) is 0 Å². The molecule has 0 radical (unpaired) electrons. The lowest BCUT2D eigenvalue weighted by molar-refractivity contribution is 0.370. The maximum Gasteiger partial charge on any atom is 0.247 e. The van der Waals surface area contributed by atoms with Crippen molar-refractivity contribution >= 4 is 15.8 Å². The Morgan fingerprint density at radius 1 is 0.871 bits per heavy atom. The molecule has 0 N–H and O–H groups in total. The first kappa shape index (κ1) is 21.1. The lowest BCUT2D eigenvalue weighted by Crippen LogP contribution is -2.49. The maximum absolute atomic E-state index is 13.3. The summed E-state index contributed by atoms with van der Waals surface area (Å²) in [6, 6.07) is 16.6. The van der Waals surface area contributed by atoms with Crippen LogP contribution in [0.1, 0.15) is 0 Å². The summed E-state index contributed by atoms with van der Waals surface area (Å²) in [5.74, 6) is 1.55. The van der Waals surface area contributed by atoms with Crippen molar-refractivity contribution in [2.24, 2.45) is 0 Å². The van der Waals surface area contributed by atoms with Gasteiger partial charge in [-0.2, -0.15) is 4.31 Å². The van der Waals surface area contributed by atoms with Crippen molar-refractivity contribution in [3.8, 4) is 22.8 Å². The summed E-state index contributed by atoms with van der Waals surface area (Å²) in [4.78, 5) is 10.9. The molecule has 0 bridgehead atoms. The summed E-state index contributed by atoms with van der Waals surface area (Å²) in [6.45, 7) is 1.73. The van der Waals surface area contributed by atoms with Crippen LogP contribution in [0, 0.1) is 0 Å². The Balaban J connectivity index is 1.52. The van der Waals surface area contributed by atoms with Gasteiger partial charge in [0.25, 0.3) is 0 Å². The quantitative estimate of drug-likeness (QED) is 0.583. The minimum absolute atomic E-state index is 0.108. The van der Waals surface area contributed by atoms with E-state index in [0.717, 1.165) is 17.1 Å². The van der Waals surface area contributed by atoms with Crippen molar-refractivity contribution < 1.29 is 17.9 Å². The van der Waals surface area contributed by atoms with Gasteiger partial charge in [-0.15, -0.1) is 0 Å². The van der Waals surface area contributed by atoms with Gasteiger partial charge in [-0.05, 0) is 12.1 Å². The van der Waals surface area contributed by atoms with E-state index in [4.69, 9.17) is 9.47 Å². The van der Waals surface area contributed by atoms with Crippen molar-refractivity contribution in [1.82, 2.24) is 14.3 Å². The molecular weight excluding hydrogens is 416 g/mol. The molecule has 1 fully saturated rings. The number of ether oxygens (including phenoxy) is 2. The Bertz CT molecular complexity index is 1150. The van der Waals surface area contributed by atoms with E-state index in [1.165, 1.54) is 24.6 Å². The van der Waals surface area contributed by atoms with Gasteiger partial charge in [0.15, 0.2) is 0 Å². The van der Waals surface area contributed by atoms with E-state index in [0.29, 0.717) is 37.7 Å². The zero-order chi connectivity index (χ0) is 21.8. The largest absolute Gasteiger partial charge is 0.497 e. The molecule has 0 unspecified atom stereocenters. The molecule has 0 atom stereocenters. The average Bonchev–Trinajstić information content (AvgIpc) is 2.84. The molecule has 31 heavy (non-hydrogen) atoms. The molecule has 4 rings (SSSR count). The molecule has 2 heterocycles. The molecule has 1 aromatic heterocycles. The predicted octanol–water partition coefficient (Wildman–Crippen LogP) is 2.67. The molecule has 8 nitrogen and oxygen atoms in total. The molecular formula is C22H24N4O4S. The Morgan fingerprint density at radius 2 is 1.61 bits per heavy atom. The van der Waals surface area contributed by atoms with E-state index >= 15 is 0 Å². The highest BCUT2D eigenvalue weighted by molar-refractivity contribution is 7.89. The van der Waals surface area contributed by atoms with Gasteiger partial charge in [-0.1, -0.05) is 30.3 Å². The van der Waals surface area contributed by atoms with Crippen LogP contribution in [0.4, 0.5) is 5.82 Å². The van der Waals surface area contributed by atoms with Gasteiger partial charge < -0.3 is 14.4 Å². The summed E-state index contributed by atoms with van der Waals surface area (Å²) >= 11 is 0. The van der Waals surface area contributed by atoms with Gasteiger partial charge in [0.2, 0.25) is 10.0 Å². The number of methoxy groups -OCH3 is 2. The first-order chi connectivity index (χ1) is 15.0. The molecule has 0 spiro atoms.